The molecule has 3 aromatic carbocycles. The number of nitrogens with one attached hydrogen (secondary N) is 1. The molecular weight excluding hydrogens is 372 g/mol. The molecule has 0 aromatic heterocycles. The molecule has 0 heterocycles. The van der Waals surface area contributed by atoms with E-state index < -0.39 is 4.92 Å². The van der Waals surface area contributed by atoms with Crippen LogP contribution in [0.5, 0.6) is 0 Å². The number of carbonyl (C=O) groups excluding carboxylic acids is 1. The Kier molecular flexibility index (Phi) is 6.45. The molecule has 0 bridgehead atoms. The zero-order valence-corrected chi connectivity index (χ0v) is 16.2. The van der Waals surface area contributed by atoms with Crippen LogP contribution in [-0.4, -0.2) is 16.6 Å². The molecule has 0 saturated carbocycles. The lowest BCUT2D eigenvalue weighted by Crippen LogP contribution is -2.15. The van der Waals surface area contributed by atoms with Crippen molar-refractivity contribution in [1.82, 2.24) is 0 Å². The summed E-state index contributed by atoms with van der Waals surface area (Å²) in [6.07, 6.45) is 0. The number of nitro benzene ring substituents is 1. The number of nitrogens with zero attached hydrogens (tertiary/aromatic N) is 1. The lowest BCUT2D eigenvalue weighted by molar-refractivity contribution is -0.384. The molecule has 28 heavy (non-hydrogen) atoms. The van der Waals surface area contributed by atoms with E-state index in [1.54, 1.807) is 12.1 Å². The summed E-state index contributed by atoms with van der Waals surface area (Å²) >= 11 is 1.44. The highest BCUT2D eigenvalue weighted by Crippen LogP contribution is 2.31. The van der Waals surface area contributed by atoms with Crippen molar-refractivity contribution in [1.29, 1.82) is 0 Å². The highest BCUT2D eigenvalue weighted by molar-refractivity contribution is 8.00. The first-order valence-electron chi connectivity index (χ1n) is 8.85. The molecule has 1 amide bonds. The van der Waals surface area contributed by atoms with Crippen molar-refractivity contribution < 1.29 is 9.72 Å². The van der Waals surface area contributed by atoms with Crippen LogP contribution >= 0.6 is 11.8 Å². The van der Waals surface area contributed by atoms with Gasteiger partial charge in [0.2, 0.25) is 5.91 Å². The number of rotatable bonds is 7. The van der Waals surface area contributed by atoms with E-state index in [0.717, 1.165) is 22.4 Å². The van der Waals surface area contributed by atoms with Crippen LogP contribution < -0.4 is 5.32 Å². The summed E-state index contributed by atoms with van der Waals surface area (Å²) < 4.78 is 0. The fraction of sp³-hybridized carbons (Fsp3) is 0.136. The Morgan fingerprint density at radius 3 is 2.50 bits per heavy atom. The smallest absolute Gasteiger partial charge is 0.269 e. The van der Waals surface area contributed by atoms with Gasteiger partial charge in [-0.1, -0.05) is 60.7 Å². The number of benzene rings is 3. The number of amides is 1. The van der Waals surface area contributed by atoms with Crippen molar-refractivity contribution in [3.8, 4) is 11.1 Å². The average molecular weight is 392 g/mol. The first-order valence-corrected chi connectivity index (χ1v) is 9.89. The summed E-state index contributed by atoms with van der Waals surface area (Å²) in [6.45, 7) is 1.94. The summed E-state index contributed by atoms with van der Waals surface area (Å²) in [6, 6.07) is 24.1. The lowest BCUT2D eigenvalue weighted by atomic mass is 10.0. The van der Waals surface area contributed by atoms with Crippen LogP contribution in [0.2, 0.25) is 0 Å². The van der Waals surface area contributed by atoms with Crippen LogP contribution in [0.15, 0.2) is 78.9 Å². The highest BCUT2D eigenvalue weighted by Gasteiger charge is 2.14. The van der Waals surface area contributed by atoms with Crippen LogP contribution in [0, 0.1) is 10.1 Å². The first kappa shape index (κ1) is 19.6. The molecular formula is C22H20N2O3S. The number of hydrogen-bond acceptors (Lipinski definition) is 4. The van der Waals surface area contributed by atoms with Gasteiger partial charge in [0.05, 0.1) is 10.7 Å². The second-order valence-electron chi connectivity index (χ2n) is 6.27. The van der Waals surface area contributed by atoms with E-state index in [1.807, 2.05) is 67.6 Å². The number of non-ortho nitro benzene ring substituents is 1. The molecule has 0 fully saturated rings. The molecule has 3 rings (SSSR count). The van der Waals surface area contributed by atoms with Crippen LogP contribution in [0.3, 0.4) is 0 Å². The third kappa shape index (κ3) is 4.98. The van der Waals surface area contributed by atoms with E-state index in [2.05, 4.69) is 5.32 Å². The van der Waals surface area contributed by atoms with Crippen LogP contribution in [-0.2, 0) is 4.79 Å². The van der Waals surface area contributed by atoms with E-state index in [-0.39, 0.29) is 22.6 Å². The quantitative estimate of drug-likeness (QED) is 0.414. The number of anilines is 1. The Morgan fingerprint density at radius 2 is 1.75 bits per heavy atom. The average Bonchev–Trinajstić information content (AvgIpc) is 2.73. The monoisotopic (exact) mass is 392 g/mol. The number of nitro groups is 1. The van der Waals surface area contributed by atoms with E-state index in [4.69, 9.17) is 0 Å². The summed E-state index contributed by atoms with van der Waals surface area (Å²) in [5.74, 6) is 0.151. The molecule has 0 aliphatic heterocycles. The zero-order chi connectivity index (χ0) is 19.9. The minimum atomic E-state index is -0.409. The van der Waals surface area contributed by atoms with Gasteiger partial charge in [-0.3, -0.25) is 14.9 Å². The normalized spacial score (nSPS) is 11.6. The summed E-state index contributed by atoms with van der Waals surface area (Å²) in [5.41, 5.74) is 3.66. The first-order chi connectivity index (χ1) is 13.5. The maximum Gasteiger partial charge on any atom is 0.269 e. The Morgan fingerprint density at radius 1 is 1.04 bits per heavy atom. The van der Waals surface area contributed by atoms with Gasteiger partial charge in [0.1, 0.15) is 0 Å². The van der Waals surface area contributed by atoms with Gasteiger partial charge in [0, 0.05) is 28.6 Å². The van der Waals surface area contributed by atoms with Crippen molar-refractivity contribution in [2.45, 2.75) is 12.2 Å². The van der Waals surface area contributed by atoms with Crippen molar-refractivity contribution in [3.05, 3.63) is 94.5 Å². The molecule has 0 aliphatic rings. The Labute approximate surface area is 167 Å². The van der Waals surface area contributed by atoms with Crippen molar-refractivity contribution in [3.63, 3.8) is 0 Å². The standard InChI is InChI=1S/C22H20N2O3S/c1-16(18-10-7-11-19(14-18)24(26)27)28-15-22(25)23-21-13-6-5-12-20(21)17-8-3-2-4-9-17/h2-14,16H,15H2,1H3,(H,23,25)/t16-/m1/s1. The van der Waals surface area contributed by atoms with Gasteiger partial charge in [-0.05, 0) is 24.1 Å². The minimum absolute atomic E-state index is 0.0324. The van der Waals surface area contributed by atoms with E-state index in [1.165, 1.54) is 17.8 Å². The SMILES string of the molecule is C[C@@H](SCC(=O)Nc1ccccc1-c1ccccc1)c1cccc([N+](=O)[O-])c1. The molecule has 0 saturated heterocycles. The molecule has 6 heteroatoms. The van der Waals surface area contributed by atoms with Gasteiger partial charge in [-0.2, -0.15) is 0 Å². The molecule has 0 unspecified atom stereocenters. The van der Waals surface area contributed by atoms with Gasteiger partial charge >= 0.3 is 0 Å². The predicted octanol–water partition coefficient (Wildman–Crippen LogP) is 5.69. The molecule has 1 atom stereocenters. The number of thioether (sulfide) groups is 1. The highest BCUT2D eigenvalue weighted by atomic mass is 32.2. The van der Waals surface area contributed by atoms with Gasteiger partial charge in [-0.25, -0.2) is 0 Å². The van der Waals surface area contributed by atoms with Crippen molar-refractivity contribution >= 4 is 29.0 Å². The third-order valence-electron chi connectivity index (χ3n) is 4.30. The molecule has 5 nitrogen and oxygen atoms in total. The minimum Gasteiger partial charge on any atom is -0.325 e. The van der Waals surface area contributed by atoms with Gasteiger partial charge < -0.3 is 5.32 Å². The Balaban J connectivity index is 1.64. The van der Waals surface area contributed by atoms with Gasteiger partial charge in [-0.15, -0.1) is 11.8 Å². The molecule has 1 N–H and O–H groups in total. The van der Waals surface area contributed by atoms with Crippen molar-refractivity contribution in [2.24, 2.45) is 0 Å². The van der Waals surface area contributed by atoms with Crippen LogP contribution in [0.25, 0.3) is 11.1 Å². The number of hydrogen-bond donors (Lipinski definition) is 1. The number of carbonyl (C=O) groups is 1. The molecule has 3 aromatic rings. The van der Waals surface area contributed by atoms with Crippen LogP contribution in [0.4, 0.5) is 11.4 Å². The zero-order valence-electron chi connectivity index (χ0n) is 15.4. The van der Waals surface area contributed by atoms with Gasteiger partial charge in [0.25, 0.3) is 5.69 Å². The summed E-state index contributed by atoms with van der Waals surface area (Å²) in [5, 5.41) is 13.9. The second kappa shape index (κ2) is 9.19. The predicted molar refractivity (Wildman–Crippen MR) is 114 cm³/mol. The third-order valence-corrected chi connectivity index (χ3v) is 5.50. The summed E-state index contributed by atoms with van der Waals surface area (Å²) in [7, 11) is 0. The number of para-hydroxylation sites is 1. The fourth-order valence-corrected chi connectivity index (χ4v) is 3.65. The Bertz CT molecular complexity index is 976. The topological polar surface area (TPSA) is 72.2 Å². The maximum atomic E-state index is 12.5. The van der Waals surface area contributed by atoms with Crippen molar-refractivity contribution in [2.75, 3.05) is 11.1 Å². The fourth-order valence-electron chi connectivity index (χ4n) is 2.84. The van der Waals surface area contributed by atoms with Crippen LogP contribution in [0.1, 0.15) is 17.7 Å². The molecule has 0 radical (unpaired) electrons. The van der Waals surface area contributed by atoms with E-state index >= 15 is 0 Å². The lowest BCUT2D eigenvalue weighted by Gasteiger charge is -2.13. The second-order valence-corrected chi connectivity index (χ2v) is 7.59. The molecule has 0 spiro atoms. The maximum absolute atomic E-state index is 12.5. The van der Waals surface area contributed by atoms with Gasteiger partial charge in [0.15, 0.2) is 0 Å². The largest absolute Gasteiger partial charge is 0.325 e. The van der Waals surface area contributed by atoms with E-state index in [0.29, 0.717) is 0 Å². The summed E-state index contributed by atoms with van der Waals surface area (Å²) in [4.78, 5) is 23.0. The molecule has 142 valence electrons. The Hall–Kier alpha value is -3.12. The molecule has 0 aliphatic carbocycles. The van der Waals surface area contributed by atoms with E-state index in [9.17, 15) is 14.9 Å².